The monoisotopic (exact) mass is 747 g/mol. The van der Waals surface area contributed by atoms with Crippen LogP contribution in [0.4, 0.5) is 15.8 Å². The molecule has 3 unspecified atom stereocenters. The lowest BCUT2D eigenvalue weighted by molar-refractivity contribution is -0.134. The summed E-state index contributed by atoms with van der Waals surface area (Å²) in [6.07, 6.45) is 6.59. The summed E-state index contributed by atoms with van der Waals surface area (Å²) in [6.45, 7) is 4.61. The van der Waals surface area contributed by atoms with Gasteiger partial charge in [0, 0.05) is 81.7 Å². The van der Waals surface area contributed by atoms with Crippen molar-refractivity contribution in [2.24, 2.45) is 12.5 Å². The number of hydrogen-bond acceptors (Lipinski definition) is 9. The number of likely N-dealkylation sites (N-methyl/N-ethyl adjacent to an activating group) is 1. The summed E-state index contributed by atoms with van der Waals surface area (Å²) in [5.41, 5.74) is 3.12. The minimum absolute atomic E-state index is 0.0515. The van der Waals surface area contributed by atoms with E-state index in [0.717, 1.165) is 64.0 Å². The van der Waals surface area contributed by atoms with Crippen molar-refractivity contribution in [1.82, 2.24) is 24.9 Å². The van der Waals surface area contributed by atoms with Gasteiger partial charge in [0.1, 0.15) is 16.6 Å². The second kappa shape index (κ2) is 15.1. The summed E-state index contributed by atoms with van der Waals surface area (Å²) in [7, 11) is 5.12. The summed E-state index contributed by atoms with van der Waals surface area (Å²) in [6, 6.07) is 11.4. The average Bonchev–Trinajstić information content (AvgIpc) is 3.15. The van der Waals surface area contributed by atoms with Crippen LogP contribution in [0.15, 0.2) is 47.4 Å². The number of halogens is 2. The van der Waals surface area contributed by atoms with Crippen molar-refractivity contribution in [3.63, 3.8) is 0 Å². The third-order valence-electron chi connectivity index (χ3n) is 11.9. The van der Waals surface area contributed by atoms with Crippen molar-refractivity contribution < 1.29 is 23.5 Å². The number of imide groups is 1. The van der Waals surface area contributed by atoms with Crippen molar-refractivity contribution in [2.45, 2.75) is 62.8 Å². The maximum atomic E-state index is 15.5. The molecule has 282 valence electrons. The molecule has 12 nitrogen and oxygen atoms in total. The lowest BCUT2D eigenvalue weighted by Crippen LogP contribution is -2.48. The number of piperidine rings is 4. The molecule has 2 N–H and O–H groups in total. The highest BCUT2D eigenvalue weighted by Crippen LogP contribution is 2.44. The molecule has 5 heterocycles. The number of hydrogen-bond donors (Lipinski definition) is 2. The third-order valence-corrected chi connectivity index (χ3v) is 12.2. The molecule has 3 aromatic rings. The normalized spacial score (nSPS) is 23.5. The summed E-state index contributed by atoms with van der Waals surface area (Å²) in [4.78, 5) is 56.4. The summed E-state index contributed by atoms with van der Waals surface area (Å²) < 4.78 is 22.3. The highest BCUT2D eigenvalue weighted by Gasteiger charge is 2.40. The van der Waals surface area contributed by atoms with Crippen molar-refractivity contribution in [3.05, 3.63) is 80.5 Å². The molecule has 53 heavy (non-hydrogen) atoms. The van der Waals surface area contributed by atoms with Crippen LogP contribution >= 0.6 is 11.6 Å². The average molecular weight is 748 g/mol. The van der Waals surface area contributed by atoms with E-state index in [9.17, 15) is 19.2 Å². The van der Waals surface area contributed by atoms with Crippen LogP contribution in [0.3, 0.4) is 0 Å². The third kappa shape index (κ3) is 7.64. The van der Waals surface area contributed by atoms with E-state index in [1.165, 1.54) is 23.4 Å². The minimum atomic E-state index is -0.764. The molecule has 2 aromatic carbocycles. The Bertz CT molecular complexity index is 1940. The topological polar surface area (TPSA) is 129 Å². The number of aryl methyl sites for hydroxylation is 1. The number of ether oxygens (including phenoxy) is 1. The molecule has 4 fully saturated rings. The largest absolute Gasteiger partial charge is 0.496 e. The Morgan fingerprint density at radius 2 is 1.72 bits per heavy atom. The molecule has 1 spiro atoms. The standard InChI is InChI=1S/C39H47ClFN7O5/c1-45-22-26(18-27(23-45)43-31-21-42-46(2)38(52)35(31)40)24-4-6-25(7-5-24)37(51)48-16-12-39(13-17-48)10-14-47(15-11-39)28-19-30(41)34(32(20-28)53-3)29-8-9-33(49)44-36(29)50/h4-7,19-21,26-27,29,43H,8-18,22-23H2,1-3H3,(H,44,49,50). The van der Waals surface area contributed by atoms with Gasteiger partial charge in [0.15, 0.2) is 0 Å². The first-order chi connectivity index (χ1) is 25.4. The predicted molar refractivity (Wildman–Crippen MR) is 200 cm³/mol. The molecule has 0 radical (unpaired) electrons. The molecule has 4 aliphatic heterocycles. The fraction of sp³-hybridized carbons (Fsp3) is 0.513. The van der Waals surface area contributed by atoms with Gasteiger partial charge in [-0.3, -0.25) is 24.5 Å². The van der Waals surface area contributed by atoms with Crippen molar-refractivity contribution >= 4 is 40.7 Å². The molecule has 7 rings (SSSR count). The fourth-order valence-corrected chi connectivity index (χ4v) is 8.96. The number of amides is 3. The van der Waals surface area contributed by atoms with Crippen LogP contribution in [0.25, 0.3) is 0 Å². The molecule has 3 amide bonds. The second-order valence-electron chi connectivity index (χ2n) is 15.2. The SMILES string of the molecule is COc1cc(N2CCC3(CCN(C(=O)c4ccc(C5CC(Nc6cnn(C)c(=O)c6Cl)CN(C)C5)cc4)CC3)CC2)cc(F)c1C1CCC(=O)NC1=O. The smallest absolute Gasteiger partial charge is 0.287 e. The molecule has 4 saturated heterocycles. The number of nitrogens with one attached hydrogen (secondary N) is 2. The zero-order valence-corrected chi connectivity index (χ0v) is 31.3. The summed E-state index contributed by atoms with van der Waals surface area (Å²) >= 11 is 6.32. The quantitative estimate of drug-likeness (QED) is 0.336. The van der Waals surface area contributed by atoms with Gasteiger partial charge in [0.2, 0.25) is 11.8 Å². The number of methoxy groups -OCH3 is 1. The van der Waals surface area contributed by atoms with Gasteiger partial charge in [-0.25, -0.2) is 9.07 Å². The minimum Gasteiger partial charge on any atom is -0.496 e. The van der Waals surface area contributed by atoms with Crippen LogP contribution in [0.1, 0.15) is 78.3 Å². The first kappa shape index (κ1) is 36.9. The Balaban J connectivity index is 0.929. The Morgan fingerprint density at radius 3 is 2.40 bits per heavy atom. The highest BCUT2D eigenvalue weighted by molar-refractivity contribution is 6.32. The van der Waals surface area contributed by atoms with E-state index in [4.69, 9.17) is 16.3 Å². The summed E-state index contributed by atoms with van der Waals surface area (Å²) in [5.74, 6) is -1.48. The van der Waals surface area contributed by atoms with Gasteiger partial charge in [-0.1, -0.05) is 23.7 Å². The predicted octanol–water partition coefficient (Wildman–Crippen LogP) is 4.52. The zero-order chi connectivity index (χ0) is 37.4. The number of anilines is 2. The van der Waals surface area contributed by atoms with Crippen LogP contribution in [0.5, 0.6) is 5.75 Å². The van der Waals surface area contributed by atoms with Crippen molar-refractivity contribution in [1.29, 1.82) is 0 Å². The Hall–Kier alpha value is -4.49. The molecule has 1 aromatic heterocycles. The van der Waals surface area contributed by atoms with E-state index in [0.29, 0.717) is 30.1 Å². The maximum absolute atomic E-state index is 15.5. The number of rotatable bonds is 7. The summed E-state index contributed by atoms with van der Waals surface area (Å²) in [5, 5.41) is 9.98. The lowest BCUT2D eigenvalue weighted by Gasteiger charge is -2.47. The Labute approximate surface area is 313 Å². The van der Waals surface area contributed by atoms with Crippen LogP contribution in [0, 0.1) is 11.2 Å². The Kier molecular flexibility index (Phi) is 10.5. The molecule has 0 saturated carbocycles. The van der Waals surface area contributed by atoms with Crippen LogP contribution in [0.2, 0.25) is 5.02 Å². The molecular formula is C39H47ClFN7O5. The number of benzene rings is 2. The maximum Gasteiger partial charge on any atom is 0.287 e. The van der Waals surface area contributed by atoms with E-state index in [2.05, 4.69) is 44.7 Å². The van der Waals surface area contributed by atoms with Gasteiger partial charge in [-0.15, -0.1) is 0 Å². The van der Waals surface area contributed by atoms with E-state index in [1.807, 2.05) is 17.0 Å². The molecule has 0 aliphatic carbocycles. The van der Waals surface area contributed by atoms with Crippen LogP contribution < -0.4 is 25.8 Å². The highest BCUT2D eigenvalue weighted by atomic mass is 35.5. The molecule has 3 atom stereocenters. The molecular weight excluding hydrogens is 701 g/mol. The van der Waals surface area contributed by atoms with Crippen molar-refractivity contribution in [3.8, 4) is 5.75 Å². The van der Waals surface area contributed by atoms with Crippen LogP contribution in [-0.2, 0) is 16.6 Å². The first-order valence-electron chi connectivity index (χ1n) is 18.5. The van der Waals surface area contributed by atoms with Gasteiger partial charge in [0.25, 0.3) is 11.5 Å². The fourth-order valence-electron chi connectivity index (χ4n) is 8.74. The number of carbonyl (C=O) groups is 3. The van der Waals surface area contributed by atoms with Gasteiger partial charge < -0.3 is 24.8 Å². The second-order valence-corrected chi connectivity index (χ2v) is 15.6. The van der Waals surface area contributed by atoms with Gasteiger partial charge >= 0.3 is 0 Å². The van der Waals surface area contributed by atoms with E-state index >= 15 is 4.39 Å². The lowest BCUT2D eigenvalue weighted by atomic mass is 9.71. The molecule has 4 aliphatic rings. The zero-order valence-electron chi connectivity index (χ0n) is 30.5. The van der Waals surface area contributed by atoms with E-state index < -0.39 is 17.6 Å². The number of carbonyl (C=O) groups excluding carboxylic acids is 3. The van der Waals surface area contributed by atoms with Gasteiger partial charge in [-0.05, 0) is 80.7 Å². The Morgan fingerprint density at radius 1 is 1.02 bits per heavy atom. The molecule has 0 bridgehead atoms. The van der Waals surface area contributed by atoms with Gasteiger partial charge in [-0.2, -0.15) is 5.10 Å². The van der Waals surface area contributed by atoms with Crippen molar-refractivity contribution in [2.75, 3.05) is 63.6 Å². The number of aromatic nitrogens is 2. The first-order valence-corrected chi connectivity index (χ1v) is 18.8. The van der Waals surface area contributed by atoms with Crippen LogP contribution in [-0.4, -0.2) is 96.8 Å². The van der Waals surface area contributed by atoms with E-state index in [1.54, 1.807) is 19.3 Å². The number of likely N-dealkylation sites (tertiary alicyclic amines) is 2. The number of nitrogens with zero attached hydrogens (tertiary/aromatic N) is 5. The van der Waals surface area contributed by atoms with E-state index in [-0.39, 0.29) is 58.2 Å². The van der Waals surface area contributed by atoms with Gasteiger partial charge in [0.05, 0.1) is 24.9 Å². The molecule has 14 heteroatoms.